The fourth-order valence-electron chi connectivity index (χ4n) is 1.89. The number of ether oxygens (including phenoxy) is 1. The average Bonchev–Trinajstić information content (AvgIpc) is 2.44. The van der Waals surface area contributed by atoms with Crippen molar-refractivity contribution >= 4 is 17.8 Å². The molecule has 2 amide bonds. The van der Waals surface area contributed by atoms with E-state index in [9.17, 15) is 14.4 Å². The van der Waals surface area contributed by atoms with E-state index in [-0.39, 0.29) is 35.7 Å². The van der Waals surface area contributed by atoms with Crippen LogP contribution in [0.25, 0.3) is 0 Å². The van der Waals surface area contributed by atoms with E-state index in [0.29, 0.717) is 26.0 Å². The molecule has 0 radical (unpaired) electrons. The quantitative estimate of drug-likeness (QED) is 0.488. The number of amides is 2. The van der Waals surface area contributed by atoms with Gasteiger partial charge >= 0.3 is 5.97 Å². The molecule has 7 nitrogen and oxygen atoms in total. The van der Waals surface area contributed by atoms with Crippen LogP contribution in [0.3, 0.4) is 0 Å². The molecule has 0 bridgehead atoms. The second kappa shape index (κ2) is 7.84. The van der Waals surface area contributed by atoms with Crippen molar-refractivity contribution in [3.8, 4) is 0 Å². The van der Waals surface area contributed by atoms with Crippen LogP contribution in [-0.2, 0) is 19.1 Å². The van der Waals surface area contributed by atoms with E-state index in [0.717, 1.165) is 0 Å². The molecule has 1 saturated heterocycles. The first kappa shape index (κ1) is 16.4. The smallest absolute Gasteiger partial charge is 0.323 e. The molecule has 1 rings (SSSR count). The molecule has 1 aliphatic rings. The van der Waals surface area contributed by atoms with Crippen LogP contribution in [-0.4, -0.2) is 37.0 Å². The lowest BCUT2D eigenvalue weighted by atomic mass is 9.94. The zero-order valence-corrected chi connectivity index (χ0v) is 12.2. The third kappa shape index (κ3) is 4.80. The molecule has 3 N–H and O–H groups in total. The Kier molecular flexibility index (Phi) is 6.44. The van der Waals surface area contributed by atoms with Gasteiger partial charge in [0, 0.05) is 12.5 Å². The van der Waals surface area contributed by atoms with Crippen LogP contribution in [0.5, 0.6) is 0 Å². The molecule has 0 aliphatic carbocycles. The highest BCUT2D eigenvalue weighted by Crippen LogP contribution is 2.15. The summed E-state index contributed by atoms with van der Waals surface area (Å²) in [5, 5.41) is 3.00. The van der Waals surface area contributed by atoms with E-state index in [2.05, 4.69) is 16.2 Å². The second-order valence-corrected chi connectivity index (χ2v) is 5.12. The van der Waals surface area contributed by atoms with Crippen molar-refractivity contribution < 1.29 is 19.1 Å². The van der Waals surface area contributed by atoms with E-state index < -0.39 is 0 Å². The van der Waals surface area contributed by atoms with Crippen LogP contribution in [0.15, 0.2) is 0 Å². The van der Waals surface area contributed by atoms with Gasteiger partial charge in [0.15, 0.2) is 0 Å². The molecule has 1 fully saturated rings. The highest BCUT2D eigenvalue weighted by Gasteiger charge is 2.30. The molecular weight excluding hydrogens is 262 g/mol. The number of nitrogens with one attached hydrogen (secondary N) is 3. The van der Waals surface area contributed by atoms with Gasteiger partial charge in [-0.1, -0.05) is 13.8 Å². The number of esters is 1. The molecule has 0 spiro atoms. The number of rotatable bonds is 4. The molecule has 0 aromatic carbocycles. The SMILES string of the molecule is CCOC(=O)[C@H]1CC[C@@H](C(=O)NNC(=O)C(C)C)CN1. The number of hydrazine groups is 1. The summed E-state index contributed by atoms with van der Waals surface area (Å²) in [6.07, 6.45) is 1.13. The highest BCUT2D eigenvalue weighted by atomic mass is 16.5. The molecule has 1 heterocycles. The van der Waals surface area contributed by atoms with E-state index >= 15 is 0 Å². The van der Waals surface area contributed by atoms with Crippen LogP contribution in [0.2, 0.25) is 0 Å². The van der Waals surface area contributed by atoms with Crippen LogP contribution >= 0.6 is 0 Å². The van der Waals surface area contributed by atoms with E-state index in [1.54, 1.807) is 20.8 Å². The Balaban J connectivity index is 2.32. The first-order valence-electron chi connectivity index (χ1n) is 6.95. The fraction of sp³-hybridized carbons (Fsp3) is 0.769. The van der Waals surface area contributed by atoms with Gasteiger partial charge in [-0.15, -0.1) is 0 Å². The monoisotopic (exact) mass is 285 g/mol. The Labute approximate surface area is 118 Å². The number of piperidine rings is 1. The van der Waals surface area contributed by atoms with Crippen LogP contribution in [0.4, 0.5) is 0 Å². The topological polar surface area (TPSA) is 96.5 Å². The van der Waals surface area contributed by atoms with Gasteiger partial charge in [-0.25, -0.2) is 0 Å². The number of hydrogen-bond acceptors (Lipinski definition) is 5. The predicted molar refractivity (Wildman–Crippen MR) is 72.3 cm³/mol. The molecule has 20 heavy (non-hydrogen) atoms. The maximum atomic E-state index is 11.8. The molecule has 0 aromatic heterocycles. The van der Waals surface area contributed by atoms with Crippen LogP contribution < -0.4 is 16.2 Å². The third-order valence-corrected chi connectivity index (χ3v) is 3.19. The maximum absolute atomic E-state index is 11.8. The third-order valence-electron chi connectivity index (χ3n) is 3.19. The summed E-state index contributed by atoms with van der Waals surface area (Å²) in [5.74, 6) is -1.19. The van der Waals surface area contributed by atoms with Gasteiger partial charge in [0.2, 0.25) is 11.8 Å². The van der Waals surface area contributed by atoms with Crippen molar-refractivity contribution in [3.05, 3.63) is 0 Å². The van der Waals surface area contributed by atoms with Crippen molar-refractivity contribution in [2.24, 2.45) is 11.8 Å². The molecule has 0 aromatic rings. The lowest BCUT2D eigenvalue weighted by molar-refractivity contribution is -0.147. The van der Waals surface area contributed by atoms with Gasteiger partial charge in [-0.2, -0.15) is 0 Å². The largest absolute Gasteiger partial charge is 0.465 e. The van der Waals surface area contributed by atoms with Crippen LogP contribution in [0.1, 0.15) is 33.6 Å². The van der Waals surface area contributed by atoms with Gasteiger partial charge < -0.3 is 10.1 Å². The van der Waals surface area contributed by atoms with Gasteiger partial charge in [-0.3, -0.25) is 25.2 Å². The maximum Gasteiger partial charge on any atom is 0.323 e. The minimum atomic E-state index is -0.343. The van der Waals surface area contributed by atoms with Crippen molar-refractivity contribution in [2.75, 3.05) is 13.2 Å². The van der Waals surface area contributed by atoms with Crippen molar-refractivity contribution in [1.82, 2.24) is 16.2 Å². The normalized spacial score (nSPS) is 22.2. The lowest BCUT2D eigenvalue weighted by Crippen LogP contribution is -2.52. The first-order valence-corrected chi connectivity index (χ1v) is 6.95. The van der Waals surface area contributed by atoms with Gasteiger partial charge in [-0.05, 0) is 19.8 Å². The van der Waals surface area contributed by atoms with Crippen molar-refractivity contribution in [2.45, 2.75) is 39.7 Å². The summed E-state index contributed by atoms with van der Waals surface area (Å²) in [6.45, 7) is 5.99. The standard InChI is InChI=1S/C13H23N3O4/c1-4-20-13(19)10-6-5-9(7-14-10)12(18)16-15-11(17)8(2)3/h8-10,14H,4-7H2,1-3H3,(H,15,17)(H,16,18)/t9-,10-/m1/s1. The minimum Gasteiger partial charge on any atom is -0.465 e. The van der Waals surface area contributed by atoms with Gasteiger partial charge in [0.1, 0.15) is 6.04 Å². The van der Waals surface area contributed by atoms with Crippen molar-refractivity contribution in [1.29, 1.82) is 0 Å². The number of hydrogen-bond donors (Lipinski definition) is 3. The Bertz CT molecular complexity index is 363. The number of carbonyl (C=O) groups is 3. The zero-order chi connectivity index (χ0) is 15.1. The van der Waals surface area contributed by atoms with Crippen molar-refractivity contribution in [3.63, 3.8) is 0 Å². The minimum absolute atomic E-state index is 0.187. The van der Waals surface area contributed by atoms with E-state index in [1.165, 1.54) is 0 Å². The lowest BCUT2D eigenvalue weighted by Gasteiger charge is -2.27. The summed E-state index contributed by atoms with van der Waals surface area (Å²) in [7, 11) is 0. The molecule has 7 heteroatoms. The summed E-state index contributed by atoms with van der Waals surface area (Å²) in [6, 6.07) is -0.343. The second-order valence-electron chi connectivity index (χ2n) is 5.12. The Morgan fingerprint density at radius 2 is 1.95 bits per heavy atom. The molecule has 0 saturated carbocycles. The molecular formula is C13H23N3O4. The first-order chi connectivity index (χ1) is 9.45. The Morgan fingerprint density at radius 1 is 1.25 bits per heavy atom. The van der Waals surface area contributed by atoms with E-state index in [4.69, 9.17) is 4.74 Å². The summed E-state index contributed by atoms with van der Waals surface area (Å²) >= 11 is 0. The highest BCUT2D eigenvalue weighted by molar-refractivity contribution is 5.84. The Morgan fingerprint density at radius 3 is 2.45 bits per heavy atom. The van der Waals surface area contributed by atoms with Gasteiger partial charge in [0.25, 0.3) is 0 Å². The summed E-state index contributed by atoms with van der Waals surface area (Å²) in [4.78, 5) is 34.7. The zero-order valence-electron chi connectivity index (χ0n) is 12.2. The Hall–Kier alpha value is -1.63. The number of carbonyl (C=O) groups excluding carboxylic acids is 3. The summed E-state index contributed by atoms with van der Waals surface area (Å²) < 4.78 is 4.92. The van der Waals surface area contributed by atoms with E-state index in [1.807, 2.05) is 0 Å². The fourth-order valence-corrected chi connectivity index (χ4v) is 1.89. The average molecular weight is 285 g/mol. The van der Waals surface area contributed by atoms with Crippen LogP contribution in [0, 0.1) is 11.8 Å². The molecule has 1 aliphatic heterocycles. The summed E-state index contributed by atoms with van der Waals surface area (Å²) in [5.41, 5.74) is 4.78. The van der Waals surface area contributed by atoms with Gasteiger partial charge in [0.05, 0.1) is 12.5 Å². The molecule has 114 valence electrons. The predicted octanol–water partition coefficient (Wildman–Crippen LogP) is -0.279. The molecule has 0 unspecified atom stereocenters. The molecule has 2 atom stereocenters.